The molecule has 0 unspecified atom stereocenters. The third-order valence-electron chi connectivity index (χ3n) is 7.06. The maximum atomic E-state index is 4.36. The fraction of sp³-hybridized carbons (Fsp3) is 0.355. The van der Waals surface area contributed by atoms with E-state index in [4.69, 9.17) is 0 Å². The number of benzene rings is 2. The molecule has 2 aliphatic heterocycles. The summed E-state index contributed by atoms with van der Waals surface area (Å²) in [5.74, 6) is 0. The summed E-state index contributed by atoms with van der Waals surface area (Å²) in [6.07, 6.45) is 7.67. The van der Waals surface area contributed by atoms with Crippen molar-refractivity contribution in [3.8, 4) is 11.1 Å². The Hall–Kier alpha value is -3.32. The number of allylic oxidation sites excluding steroid dienone is 3. The van der Waals surface area contributed by atoms with E-state index in [0.717, 1.165) is 75.9 Å². The first-order chi connectivity index (χ1) is 18.1. The Kier molecular flexibility index (Phi) is 9.60. The van der Waals surface area contributed by atoms with E-state index < -0.39 is 0 Å². The molecule has 4 rings (SSSR count). The van der Waals surface area contributed by atoms with Gasteiger partial charge in [-0.15, -0.1) is 0 Å². The molecule has 0 aliphatic carbocycles. The number of likely N-dealkylation sites (N-methyl/N-ethyl adjacent to an activating group) is 1. The van der Waals surface area contributed by atoms with E-state index in [1.54, 1.807) is 6.08 Å². The summed E-state index contributed by atoms with van der Waals surface area (Å²) in [7, 11) is 4.09. The SMILES string of the molecule is C=C/C=C\C(=C/NC)C(=C)Nc1cc(-c2cccc(CN3CCNCC3)c2)ccc1N1CCN(C)CC1. The van der Waals surface area contributed by atoms with E-state index >= 15 is 0 Å². The molecule has 2 heterocycles. The topological polar surface area (TPSA) is 45.8 Å². The fourth-order valence-corrected chi connectivity index (χ4v) is 4.91. The van der Waals surface area contributed by atoms with Crippen molar-refractivity contribution >= 4 is 11.4 Å². The zero-order valence-electron chi connectivity index (χ0n) is 22.5. The Labute approximate surface area is 223 Å². The summed E-state index contributed by atoms with van der Waals surface area (Å²) in [4.78, 5) is 7.38. The van der Waals surface area contributed by atoms with Gasteiger partial charge in [-0.2, -0.15) is 0 Å². The molecule has 2 saturated heterocycles. The smallest absolute Gasteiger partial charge is 0.0628 e. The van der Waals surface area contributed by atoms with Gasteiger partial charge in [-0.05, 0) is 41.9 Å². The zero-order chi connectivity index (χ0) is 26.0. The van der Waals surface area contributed by atoms with Gasteiger partial charge in [0.2, 0.25) is 0 Å². The molecule has 2 aromatic carbocycles. The lowest BCUT2D eigenvalue weighted by Gasteiger charge is -2.35. The van der Waals surface area contributed by atoms with Gasteiger partial charge in [0.15, 0.2) is 0 Å². The minimum absolute atomic E-state index is 0.840. The molecule has 0 spiro atoms. The highest BCUT2D eigenvalue weighted by Gasteiger charge is 2.19. The molecule has 0 atom stereocenters. The molecule has 6 heteroatoms. The molecule has 0 aromatic heterocycles. The van der Waals surface area contributed by atoms with Crippen LogP contribution in [0.3, 0.4) is 0 Å². The van der Waals surface area contributed by atoms with Crippen LogP contribution in [-0.4, -0.2) is 76.3 Å². The number of hydrogen-bond acceptors (Lipinski definition) is 6. The predicted octanol–water partition coefficient (Wildman–Crippen LogP) is 4.28. The van der Waals surface area contributed by atoms with Crippen LogP contribution >= 0.6 is 0 Å². The molecule has 196 valence electrons. The predicted molar refractivity (Wildman–Crippen MR) is 159 cm³/mol. The van der Waals surface area contributed by atoms with Crippen LogP contribution in [0.2, 0.25) is 0 Å². The van der Waals surface area contributed by atoms with E-state index in [1.807, 2.05) is 25.4 Å². The number of hydrogen-bond donors (Lipinski definition) is 3. The van der Waals surface area contributed by atoms with Gasteiger partial charge >= 0.3 is 0 Å². The molecule has 3 N–H and O–H groups in total. The summed E-state index contributed by atoms with van der Waals surface area (Å²) in [5, 5.41) is 10.2. The summed E-state index contributed by atoms with van der Waals surface area (Å²) in [6.45, 7) is 17.6. The van der Waals surface area contributed by atoms with Crippen molar-refractivity contribution in [2.24, 2.45) is 0 Å². The Bertz CT molecular complexity index is 1120. The molecule has 0 bridgehead atoms. The van der Waals surface area contributed by atoms with Crippen molar-refractivity contribution in [2.45, 2.75) is 6.54 Å². The monoisotopic (exact) mass is 498 g/mol. The van der Waals surface area contributed by atoms with Crippen LogP contribution in [0, 0.1) is 0 Å². The molecular formula is C31H42N6. The summed E-state index contributed by atoms with van der Waals surface area (Å²) < 4.78 is 0. The lowest BCUT2D eigenvalue weighted by molar-refractivity contribution is 0.233. The Morgan fingerprint density at radius 2 is 1.76 bits per heavy atom. The average Bonchev–Trinajstić information content (AvgIpc) is 2.92. The van der Waals surface area contributed by atoms with E-state index in [1.165, 1.54) is 22.4 Å². The quantitative estimate of drug-likeness (QED) is 0.425. The molecular weight excluding hydrogens is 456 g/mol. The van der Waals surface area contributed by atoms with Gasteiger partial charge in [0.1, 0.15) is 0 Å². The molecule has 0 radical (unpaired) electrons. The van der Waals surface area contributed by atoms with Crippen LogP contribution in [0.15, 0.2) is 91.3 Å². The standard InChI is InChI=1S/C31H42N6/c1-5-6-9-29(23-32-3)25(2)34-30-22-28(11-12-31(30)37-19-17-35(4)18-20-37)27-10-7-8-26(21-27)24-36-15-13-33-14-16-36/h5-12,21-23,32-34H,1-2,13-20,24H2,3-4H3/b9-6-,29-23+. The lowest BCUT2D eigenvalue weighted by Crippen LogP contribution is -2.44. The van der Waals surface area contributed by atoms with Crippen LogP contribution in [0.1, 0.15) is 5.56 Å². The van der Waals surface area contributed by atoms with E-state index in [0.29, 0.717) is 0 Å². The maximum absolute atomic E-state index is 4.36. The highest BCUT2D eigenvalue weighted by molar-refractivity contribution is 5.80. The largest absolute Gasteiger partial charge is 0.393 e. The minimum atomic E-state index is 0.840. The highest BCUT2D eigenvalue weighted by atomic mass is 15.3. The van der Waals surface area contributed by atoms with Crippen LogP contribution in [0.25, 0.3) is 11.1 Å². The Balaban J connectivity index is 1.63. The summed E-state index contributed by atoms with van der Waals surface area (Å²) in [6, 6.07) is 15.8. The Morgan fingerprint density at radius 3 is 2.49 bits per heavy atom. The van der Waals surface area contributed by atoms with Gasteiger partial charge in [0, 0.05) is 83.4 Å². The second-order valence-electron chi connectivity index (χ2n) is 9.84. The van der Waals surface area contributed by atoms with Gasteiger partial charge < -0.3 is 25.8 Å². The van der Waals surface area contributed by atoms with Gasteiger partial charge in [0.25, 0.3) is 0 Å². The normalized spacial score (nSPS) is 17.7. The van der Waals surface area contributed by atoms with Crippen molar-refractivity contribution in [2.75, 3.05) is 76.7 Å². The lowest BCUT2D eigenvalue weighted by atomic mass is 10.0. The zero-order valence-corrected chi connectivity index (χ0v) is 22.5. The second-order valence-corrected chi connectivity index (χ2v) is 9.84. The first-order valence-electron chi connectivity index (χ1n) is 13.3. The molecule has 2 fully saturated rings. The molecule has 2 aromatic rings. The summed E-state index contributed by atoms with van der Waals surface area (Å²) >= 11 is 0. The molecule has 0 amide bonds. The first-order valence-corrected chi connectivity index (χ1v) is 13.3. The van der Waals surface area contributed by atoms with Crippen molar-refractivity contribution in [3.63, 3.8) is 0 Å². The first kappa shape index (κ1) is 26.7. The highest BCUT2D eigenvalue weighted by Crippen LogP contribution is 2.34. The minimum Gasteiger partial charge on any atom is -0.393 e. The van der Waals surface area contributed by atoms with Gasteiger partial charge in [-0.1, -0.05) is 55.7 Å². The third kappa shape index (κ3) is 7.35. The number of rotatable bonds is 10. The van der Waals surface area contributed by atoms with Crippen LogP contribution < -0.4 is 20.9 Å². The third-order valence-corrected chi connectivity index (χ3v) is 7.06. The van der Waals surface area contributed by atoms with Crippen LogP contribution in [-0.2, 0) is 6.54 Å². The number of anilines is 2. The Morgan fingerprint density at radius 1 is 1.00 bits per heavy atom. The number of nitrogens with one attached hydrogen (secondary N) is 3. The van der Waals surface area contributed by atoms with Crippen molar-refractivity contribution < 1.29 is 0 Å². The average molecular weight is 499 g/mol. The second kappa shape index (κ2) is 13.3. The number of nitrogens with zero attached hydrogens (tertiary/aromatic N) is 3. The van der Waals surface area contributed by atoms with Gasteiger partial charge in [0.05, 0.1) is 11.4 Å². The molecule has 6 nitrogen and oxygen atoms in total. The molecule has 37 heavy (non-hydrogen) atoms. The maximum Gasteiger partial charge on any atom is 0.0628 e. The van der Waals surface area contributed by atoms with Crippen molar-refractivity contribution in [1.82, 2.24) is 20.4 Å². The number of piperazine rings is 2. The van der Waals surface area contributed by atoms with E-state index in [-0.39, 0.29) is 0 Å². The van der Waals surface area contributed by atoms with Crippen molar-refractivity contribution in [1.29, 1.82) is 0 Å². The fourth-order valence-electron chi connectivity index (χ4n) is 4.91. The summed E-state index contributed by atoms with van der Waals surface area (Å²) in [5.41, 5.74) is 7.91. The molecule has 0 saturated carbocycles. The van der Waals surface area contributed by atoms with Crippen molar-refractivity contribution in [3.05, 3.63) is 96.9 Å². The molecule has 2 aliphatic rings. The van der Waals surface area contributed by atoms with Crippen LogP contribution in [0.5, 0.6) is 0 Å². The van der Waals surface area contributed by atoms with E-state index in [2.05, 4.69) is 93.3 Å². The van der Waals surface area contributed by atoms with E-state index in [9.17, 15) is 0 Å². The van der Waals surface area contributed by atoms with Crippen LogP contribution in [0.4, 0.5) is 11.4 Å². The van der Waals surface area contributed by atoms with Gasteiger partial charge in [-0.3, -0.25) is 4.90 Å². The van der Waals surface area contributed by atoms with Gasteiger partial charge in [-0.25, -0.2) is 0 Å².